The first-order chi connectivity index (χ1) is 14.6. The molecule has 1 N–H and O–H groups in total. The molecule has 1 fully saturated rings. The van der Waals surface area contributed by atoms with Crippen molar-refractivity contribution in [3.63, 3.8) is 0 Å². The van der Waals surface area contributed by atoms with E-state index in [-0.39, 0.29) is 17.9 Å². The van der Waals surface area contributed by atoms with Gasteiger partial charge in [0.1, 0.15) is 29.0 Å². The molecule has 0 radical (unpaired) electrons. The van der Waals surface area contributed by atoms with Crippen LogP contribution in [-0.4, -0.2) is 29.2 Å². The van der Waals surface area contributed by atoms with E-state index in [0.29, 0.717) is 23.4 Å². The zero-order valence-corrected chi connectivity index (χ0v) is 16.7. The van der Waals surface area contributed by atoms with Gasteiger partial charge in [-0.2, -0.15) is 5.26 Å². The summed E-state index contributed by atoms with van der Waals surface area (Å²) in [6.45, 7) is 3.36. The molecule has 0 saturated carbocycles. The molecular weight excluding hydrogens is 381 g/mol. The van der Waals surface area contributed by atoms with Crippen LogP contribution in [0, 0.1) is 17.1 Å². The number of halogens is 1. The normalized spacial score (nSPS) is 20.8. The van der Waals surface area contributed by atoms with Gasteiger partial charge in [0, 0.05) is 30.8 Å². The van der Waals surface area contributed by atoms with Crippen LogP contribution in [0.3, 0.4) is 0 Å². The van der Waals surface area contributed by atoms with Crippen molar-refractivity contribution in [2.45, 2.75) is 38.3 Å². The number of nitriles is 1. The Kier molecular flexibility index (Phi) is 4.62. The molecule has 2 aliphatic heterocycles. The van der Waals surface area contributed by atoms with Crippen molar-refractivity contribution in [1.29, 1.82) is 5.26 Å². The summed E-state index contributed by atoms with van der Waals surface area (Å²) in [6, 6.07) is 10.9. The third-order valence-electron chi connectivity index (χ3n) is 5.90. The van der Waals surface area contributed by atoms with Crippen LogP contribution in [0.5, 0.6) is 5.75 Å². The van der Waals surface area contributed by atoms with Gasteiger partial charge in [-0.1, -0.05) is 0 Å². The van der Waals surface area contributed by atoms with Crippen LogP contribution >= 0.6 is 0 Å². The Morgan fingerprint density at radius 3 is 3.03 bits per heavy atom. The Balaban J connectivity index is 1.71. The van der Waals surface area contributed by atoms with Crippen molar-refractivity contribution in [1.82, 2.24) is 9.97 Å². The fourth-order valence-corrected chi connectivity index (χ4v) is 4.39. The lowest BCUT2D eigenvalue weighted by atomic mass is 10.0. The fourth-order valence-electron chi connectivity index (χ4n) is 4.39. The van der Waals surface area contributed by atoms with Crippen molar-refractivity contribution in [2.75, 3.05) is 23.4 Å². The van der Waals surface area contributed by atoms with Crippen LogP contribution in [0.1, 0.15) is 43.4 Å². The molecule has 3 aromatic rings. The molecule has 7 heteroatoms. The van der Waals surface area contributed by atoms with Gasteiger partial charge in [0.05, 0.1) is 29.4 Å². The maximum Gasteiger partial charge on any atom is 0.129 e. The molecule has 0 amide bonds. The van der Waals surface area contributed by atoms with E-state index in [2.05, 4.69) is 21.3 Å². The molecule has 2 aromatic heterocycles. The van der Waals surface area contributed by atoms with E-state index in [1.165, 1.54) is 6.07 Å². The van der Waals surface area contributed by atoms with Gasteiger partial charge in [-0.25, -0.2) is 9.37 Å². The number of anilines is 2. The number of hydrogen-bond donors (Lipinski definition) is 1. The average molecular weight is 403 g/mol. The zero-order valence-electron chi connectivity index (χ0n) is 16.7. The van der Waals surface area contributed by atoms with Crippen LogP contribution in [0.15, 0.2) is 36.5 Å². The summed E-state index contributed by atoms with van der Waals surface area (Å²) in [4.78, 5) is 11.5. The first kappa shape index (κ1) is 18.6. The minimum Gasteiger partial charge on any atom is -0.493 e. The second kappa shape index (κ2) is 7.45. The third kappa shape index (κ3) is 3.18. The van der Waals surface area contributed by atoms with Crippen LogP contribution in [-0.2, 0) is 0 Å². The number of nitrogens with zero attached hydrogens (tertiary/aromatic N) is 4. The first-order valence-corrected chi connectivity index (χ1v) is 10.3. The minimum absolute atomic E-state index is 0.0117. The largest absolute Gasteiger partial charge is 0.493 e. The number of ether oxygens (including phenoxy) is 1. The Labute approximate surface area is 174 Å². The van der Waals surface area contributed by atoms with Gasteiger partial charge in [0.15, 0.2) is 0 Å². The molecule has 0 aliphatic carbocycles. The van der Waals surface area contributed by atoms with E-state index >= 15 is 0 Å². The van der Waals surface area contributed by atoms with Crippen molar-refractivity contribution in [2.24, 2.45) is 0 Å². The van der Waals surface area contributed by atoms with Gasteiger partial charge < -0.3 is 15.0 Å². The Morgan fingerprint density at radius 1 is 1.27 bits per heavy atom. The van der Waals surface area contributed by atoms with E-state index in [1.54, 1.807) is 18.3 Å². The van der Waals surface area contributed by atoms with Crippen molar-refractivity contribution in [3.8, 4) is 11.8 Å². The second-order valence-corrected chi connectivity index (χ2v) is 7.91. The zero-order chi connectivity index (χ0) is 20.7. The number of nitrogens with one attached hydrogen (secondary N) is 1. The summed E-state index contributed by atoms with van der Waals surface area (Å²) in [5.41, 5.74) is 3.45. The lowest BCUT2D eigenvalue weighted by molar-refractivity contribution is 0.299. The second-order valence-electron chi connectivity index (χ2n) is 7.91. The summed E-state index contributed by atoms with van der Waals surface area (Å²) < 4.78 is 20.2. The molecule has 1 saturated heterocycles. The van der Waals surface area contributed by atoms with Crippen LogP contribution < -0.4 is 15.0 Å². The molecule has 5 rings (SSSR count). The molecule has 152 valence electrons. The third-order valence-corrected chi connectivity index (χ3v) is 5.90. The number of pyridine rings is 2. The average Bonchev–Trinajstić information content (AvgIpc) is 3.24. The predicted molar refractivity (Wildman–Crippen MR) is 113 cm³/mol. The molecule has 2 aliphatic rings. The van der Waals surface area contributed by atoms with E-state index in [4.69, 9.17) is 9.72 Å². The van der Waals surface area contributed by atoms with E-state index in [1.807, 2.05) is 19.1 Å². The maximum absolute atomic E-state index is 14.1. The van der Waals surface area contributed by atoms with Gasteiger partial charge in [0.25, 0.3) is 0 Å². The summed E-state index contributed by atoms with van der Waals surface area (Å²) >= 11 is 0. The Morgan fingerprint density at radius 2 is 2.17 bits per heavy atom. The highest BCUT2D eigenvalue weighted by atomic mass is 19.1. The smallest absolute Gasteiger partial charge is 0.129 e. The Hall–Kier alpha value is -3.40. The van der Waals surface area contributed by atoms with Crippen LogP contribution in [0.25, 0.3) is 11.0 Å². The van der Waals surface area contributed by atoms with Crippen LogP contribution in [0.2, 0.25) is 0 Å². The highest BCUT2D eigenvalue weighted by molar-refractivity contribution is 5.91. The van der Waals surface area contributed by atoms with Crippen molar-refractivity contribution < 1.29 is 9.13 Å². The fraction of sp³-hybridized carbons (Fsp3) is 0.348. The molecule has 0 unspecified atom stereocenters. The molecular formula is C23H22FN5O. The van der Waals surface area contributed by atoms with E-state index in [9.17, 15) is 9.65 Å². The van der Waals surface area contributed by atoms with Crippen molar-refractivity contribution >= 4 is 22.5 Å². The lowest BCUT2D eigenvalue weighted by Gasteiger charge is -2.27. The SMILES string of the molecule is C[C@@H]1CCOc2ccc(F)cc2[C@@H]2CCCN2c2ccc3ncc(C#N)c(c3n2)N1. The van der Waals surface area contributed by atoms with Gasteiger partial charge in [-0.05, 0) is 50.1 Å². The number of benzene rings is 1. The van der Waals surface area contributed by atoms with Crippen LogP contribution in [0.4, 0.5) is 15.9 Å². The monoisotopic (exact) mass is 403 g/mol. The molecule has 2 bridgehead atoms. The van der Waals surface area contributed by atoms with Gasteiger partial charge in [-0.15, -0.1) is 0 Å². The molecule has 2 atom stereocenters. The number of rotatable bonds is 0. The number of aromatic nitrogens is 2. The van der Waals surface area contributed by atoms with E-state index < -0.39 is 0 Å². The summed E-state index contributed by atoms with van der Waals surface area (Å²) in [5, 5.41) is 13.1. The highest BCUT2D eigenvalue weighted by Gasteiger charge is 2.30. The molecule has 6 nitrogen and oxygen atoms in total. The van der Waals surface area contributed by atoms with Gasteiger partial charge >= 0.3 is 0 Å². The lowest BCUT2D eigenvalue weighted by Crippen LogP contribution is -2.24. The molecule has 1 aromatic carbocycles. The standard InChI is InChI=1S/C23H22FN5O/c1-14-8-10-30-20-6-4-16(24)11-17(20)19-3-2-9-29(19)21-7-5-18-23(28-21)22(27-14)15(12-25)13-26-18/h4-7,11,13-14,19,27H,2-3,8-10H2,1H3/t14-,19+/m1/s1. The topological polar surface area (TPSA) is 74.1 Å². The summed E-state index contributed by atoms with van der Waals surface area (Å²) in [5.74, 6) is 1.25. The quantitative estimate of drug-likeness (QED) is 0.593. The van der Waals surface area contributed by atoms with Crippen molar-refractivity contribution in [3.05, 3.63) is 53.5 Å². The first-order valence-electron chi connectivity index (χ1n) is 10.3. The van der Waals surface area contributed by atoms with Gasteiger partial charge in [-0.3, -0.25) is 4.98 Å². The number of hydrogen-bond acceptors (Lipinski definition) is 6. The molecule has 30 heavy (non-hydrogen) atoms. The Bertz CT molecular complexity index is 1160. The summed E-state index contributed by atoms with van der Waals surface area (Å²) in [6.07, 6.45) is 4.20. The van der Waals surface area contributed by atoms with E-state index in [0.717, 1.165) is 48.5 Å². The molecule has 0 spiro atoms. The highest BCUT2D eigenvalue weighted by Crippen LogP contribution is 2.40. The summed E-state index contributed by atoms with van der Waals surface area (Å²) in [7, 11) is 0. The minimum atomic E-state index is -0.264. The predicted octanol–water partition coefficient (Wildman–Crippen LogP) is 4.56. The molecule has 4 heterocycles. The van der Waals surface area contributed by atoms with Gasteiger partial charge in [0.2, 0.25) is 0 Å². The maximum atomic E-state index is 14.1. The number of fused-ring (bicyclic) bond motifs is 5.